The normalized spacial score (nSPS) is 10.1. The van der Waals surface area contributed by atoms with Crippen LogP contribution in [0.3, 0.4) is 0 Å². The number of methoxy groups -OCH3 is 2. The zero-order valence-corrected chi connectivity index (χ0v) is 16.7. The van der Waals surface area contributed by atoms with Gasteiger partial charge in [-0.2, -0.15) is 0 Å². The van der Waals surface area contributed by atoms with E-state index in [4.69, 9.17) is 18.9 Å². The molecule has 1 N–H and O–H groups in total. The van der Waals surface area contributed by atoms with E-state index in [1.807, 2.05) is 0 Å². The van der Waals surface area contributed by atoms with E-state index in [9.17, 15) is 19.5 Å². The van der Waals surface area contributed by atoms with E-state index in [-0.39, 0.29) is 28.2 Å². The fourth-order valence-corrected chi connectivity index (χ4v) is 2.60. The van der Waals surface area contributed by atoms with Crippen LogP contribution in [-0.4, -0.2) is 37.2 Å². The van der Waals surface area contributed by atoms with E-state index in [0.29, 0.717) is 11.5 Å². The van der Waals surface area contributed by atoms with Gasteiger partial charge in [0, 0.05) is 6.07 Å². The zero-order valence-electron chi connectivity index (χ0n) is 16.7. The second-order valence-electron chi connectivity index (χ2n) is 6.23. The Hall–Kier alpha value is -4.33. The molecular weight excluding hydrogens is 404 g/mol. The number of carboxylic acid groups (broad SMARTS) is 1. The fraction of sp³-hybridized carbons (Fsp3) is 0.0870. The van der Waals surface area contributed by atoms with Crippen molar-refractivity contribution in [2.75, 3.05) is 14.2 Å². The molecule has 0 fully saturated rings. The summed E-state index contributed by atoms with van der Waals surface area (Å²) in [4.78, 5) is 36.2. The molecule has 0 unspecified atom stereocenters. The first-order valence-electron chi connectivity index (χ1n) is 9.00. The molecule has 8 nitrogen and oxygen atoms in total. The van der Waals surface area contributed by atoms with Crippen molar-refractivity contribution >= 4 is 17.9 Å². The Labute approximate surface area is 177 Å². The molecule has 0 aliphatic carbocycles. The highest BCUT2D eigenvalue weighted by atomic mass is 16.5. The van der Waals surface area contributed by atoms with Crippen molar-refractivity contribution in [1.29, 1.82) is 0 Å². The van der Waals surface area contributed by atoms with Crippen LogP contribution in [0.2, 0.25) is 0 Å². The predicted octanol–water partition coefficient (Wildman–Crippen LogP) is 3.84. The van der Waals surface area contributed by atoms with Crippen LogP contribution >= 0.6 is 0 Å². The molecule has 0 radical (unpaired) electrons. The molecule has 3 rings (SSSR count). The Morgan fingerprint density at radius 1 is 0.581 bits per heavy atom. The first kappa shape index (κ1) is 21.4. The molecule has 0 saturated heterocycles. The summed E-state index contributed by atoms with van der Waals surface area (Å²) in [6, 6.07) is 16.0. The third-order valence-corrected chi connectivity index (χ3v) is 4.20. The highest BCUT2D eigenvalue weighted by Crippen LogP contribution is 2.25. The van der Waals surface area contributed by atoms with Crippen molar-refractivity contribution < 1.29 is 38.4 Å². The van der Waals surface area contributed by atoms with Gasteiger partial charge in [-0.05, 0) is 60.7 Å². The first-order valence-corrected chi connectivity index (χ1v) is 9.00. The molecule has 0 bridgehead atoms. The number of carboxylic acids is 1. The number of ether oxygens (including phenoxy) is 4. The minimum Gasteiger partial charge on any atom is -0.497 e. The molecule has 0 aliphatic rings. The number of hydrogen-bond acceptors (Lipinski definition) is 7. The number of rotatable bonds is 7. The molecule has 31 heavy (non-hydrogen) atoms. The molecule has 0 saturated carbocycles. The van der Waals surface area contributed by atoms with E-state index in [1.165, 1.54) is 44.6 Å². The minimum absolute atomic E-state index is 0.0850. The van der Waals surface area contributed by atoms with Crippen LogP contribution in [0.15, 0.2) is 66.7 Å². The molecule has 0 aromatic heterocycles. The largest absolute Gasteiger partial charge is 0.497 e. The highest BCUT2D eigenvalue weighted by molar-refractivity contribution is 5.94. The third kappa shape index (κ3) is 5.39. The van der Waals surface area contributed by atoms with Crippen LogP contribution in [0.25, 0.3) is 0 Å². The standard InChI is InChI=1S/C23H18O8/c1-28-17-7-3-14(4-8-17)22(26)30-19-11-16(21(24)25)12-20(13-19)31-23(27)15-5-9-18(29-2)10-6-15/h3-13H,1-2H3,(H,24,25). The lowest BCUT2D eigenvalue weighted by Gasteiger charge is -2.10. The summed E-state index contributed by atoms with van der Waals surface area (Å²) >= 11 is 0. The topological polar surface area (TPSA) is 108 Å². The quantitative estimate of drug-likeness (QED) is 0.452. The van der Waals surface area contributed by atoms with Crippen LogP contribution in [0.5, 0.6) is 23.0 Å². The number of carbonyl (C=O) groups is 3. The van der Waals surface area contributed by atoms with Gasteiger partial charge < -0.3 is 24.1 Å². The van der Waals surface area contributed by atoms with E-state index < -0.39 is 17.9 Å². The van der Waals surface area contributed by atoms with Crippen molar-refractivity contribution in [2.24, 2.45) is 0 Å². The van der Waals surface area contributed by atoms with Crippen molar-refractivity contribution in [3.8, 4) is 23.0 Å². The summed E-state index contributed by atoms with van der Waals surface area (Å²) in [5.41, 5.74) is 0.258. The van der Waals surface area contributed by atoms with Crippen molar-refractivity contribution in [1.82, 2.24) is 0 Å². The van der Waals surface area contributed by atoms with Gasteiger partial charge >= 0.3 is 17.9 Å². The Morgan fingerprint density at radius 3 is 1.29 bits per heavy atom. The van der Waals surface area contributed by atoms with Crippen molar-refractivity contribution in [3.05, 3.63) is 83.4 Å². The van der Waals surface area contributed by atoms with Crippen LogP contribution < -0.4 is 18.9 Å². The summed E-state index contributed by atoms with van der Waals surface area (Å²) < 4.78 is 20.6. The smallest absolute Gasteiger partial charge is 0.343 e. The number of carbonyl (C=O) groups excluding carboxylic acids is 2. The molecule has 3 aromatic rings. The van der Waals surface area contributed by atoms with Gasteiger partial charge in [0.1, 0.15) is 23.0 Å². The monoisotopic (exact) mass is 422 g/mol. The summed E-state index contributed by atoms with van der Waals surface area (Å²) in [6.07, 6.45) is 0. The van der Waals surface area contributed by atoms with Gasteiger partial charge in [0.25, 0.3) is 0 Å². The molecule has 0 heterocycles. The maximum absolute atomic E-state index is 12.4. The van der Waals surface area contributed by atoms with Crippen molar-refractivity contribution in [2.45, 2.75) is 0 Å². The van der Waals surface area contributed by atoms with E-state index >= 15 is 0 Å². The SMILES string of the molecule is COc1ccc(C(=O)Oc2cc(OC(=O)c3ccc(OC)cc3)cc(C(=O)O)c2)cc1. The molecule has 8 heteroatoms. The van der Waals surface area contributed by atoms with Crippen LogP contribution in [0, 0.1) is 0 Å². The summed E-state index contributed by atoms with van der Waals surface area (Å²) in [5.74, 6) is -1.73. The molecular formula is C23H18O8. The lowest BCUT2D eigenvalue weighted by atomic mass is 10.2. The molecule has 3 aromatic carbocycles. The van der Waals surface area contributed by atoms with Gasteiger partial charge in [-0.3, -0.25) is 0 Å². The van der Waals surface area contributed by atoms with Gasteiger partial charge in [0.15, 0.2) is 0 Å². The maximum Gasteiger partial charge on any atom is 0.343 e. The predicted molar refractivity (Wildman–Crippen MR) is 109 cm³/mol. The summed E-state index contributed by atoms with van der Waals surface area (Å²) in [5, 5.41) is 9.34. The molecule has 0 atom stereocenters. The van der Waals surface area contributed by atoms with Crippen molar-refractivity contribution in [3.63, 3.8) is 0 Å². The molecule has 0 aliphatic heterocycles. The highest BCUT2D eigenvalue weighted by Gasteiger charge is 2.16. The summed E-state index contributed by atoms with van der Waals surface area (Å²) in [6.45, 7) is 0. The van der Waals surface area contributed by atoms with Gasteiger partial charge in [0.05, 0.1) is 30.9 Å². The number of benzene rings is 3. The Bertz CT molecular complexity index is 1020. The van der Waals surface area contributed by atoms with Gasteiger partial charge in [-0.15, -0.1) is 0 Å². The third-order valence-electron chi connectivity index (χ3n) is 4.20. The average Bonchev–Trinajstić information content (AvgIpc) is 2.78. The number of aromatic carboxylic acids is 1. The Kier molecular flexibility index (Phi) is 6.51. The molecule has 0 spiro atoms. The van der Waals surface area contributed by atoms with E-state index in [2.05, 4.69) is 0 Å². The van der Waals surface area contributed by atoms with E-state index in [0.717, 1.165) is 12.1 Å². The van der Waals surface area contributed by atoms with Crippen LogP contribution in [0.4, 0.5) is 0 Å². The zero-order chi connectivity index (χ0) is 22.4. The Morgan fingerprint density at radius 2 is 0.968 bits per heavy atom. The van der Waals surface area contributed by atoms with Crippen LogP contribution in [-0.2, 0) is 0 Å². The fourth-order valence-electron chi connectivity index (χ4n) is 2.60. The van der Waals surface area contributed by atoms with Gasteiger partial charge in [0.2, 0.25) is 0 Å². The average molecular weight is 422 g/mol. The van der Waals surface area contributed by atoms with E-state index in [1.54, 1.807) is 24.3 Å². The number of esters is 2. The minimum atomic E-state index is -1.27. The second-order valence-corrected chi connectivity index (χ2v) is 6.23. The van der Waals surface area contributed by atoms with Crippen LogP contribution in [0.1, 0.15) is 31.1 Å². The molecule has 0 amide bonds. The lowest BCUT2D eigenvalue weighted by molar-refractivity contribution is 0.0680. The lowest BCUT2D eigenvalue weighted by Crippen LogP contribution is -2.11. The van der Waals surface area contributed by atoms with Gasteiger partial charge in [-0.1, -0.05) is 0 Å². The molecule has 158 valence electrons. The maximum atomic E-state index is 12.4. The first-order chi connectivity index (χ1) is 14.9. The second kappa shape index (κ2) is 9.45. The summed E-state index contributed by atoms with van der Waals surface area (Å²) in [7, 11) is 3.00. The number of hydrogen-bond donors (Lipinski definition) is 1. The Balaban J connectivity index is 1.81. The van der Waals surface area contributed by atoms with Gasteiger partial charge in [-0.25, -0.2) is 14.4 Å².